The molecular formula is C14H12ClNO. The van der Waals surface area contributed by atoms with Crippen LogP contribution in [0.4, 0.5) is 5.69 Å². The summed E-state index contributed by atoms with van der Waals surface area (Å²) in [6, 6.07) is 15.2. The van der Waals surface area contributed by atoms with Crippen LogP contribution >= 0.6 is 11.6 Å². The Bertz CT molecular complexity index is 520. The van der Waals surface area contributed by atoms with Crippen LogP contribution in [0.5, 0.6) is 5.75 Å². The molecule has 2 aromatic rings. The predicted molar refractivity (Wildman–Crippen MR) is 71.7 cm³/mol. The first kappa shape index (κ1) is 11.7. The Morgan fingerprint density at radius 3 is 2.41 bits per heavy atom. The van der Waals surface area contributed by atoms with E-state index in [1.807, 2.05) is 48.5 Å². The highest BCUT2D eigenvalue weighted by Gasteiger charge is 1.95. The Labute approximate surface area is 106 Å². The van der Waals surface area contributed by atoms with Crippen LogP contribution in [0.2, 0.25) is 5.02 Å². The smallest absolute Gasteiger partial charge is 0.118 e. The molecule has 86 valence electrons. The molecule has 2 aromatic carbocycles. The van der Waals surface area contributed by atoms with Gasteiger partial charge in [0.1, 0.15) is 5.75 Å². The van der Waals surface area contributed by atoms with Crippen molar-refractivity contribution in [3.63, 3.8) is 0 Å². The molecule has 0 saturated heterocycles. The molecule has 0 unspecified atom stereocenters. The predicted octanol–water partition coefficient (Wildman–Crippen LogP) is 4.10. The quantitative estimate of drug-likeness (QED) is 0.746. The number of rotatable bonds is 3. The van der Waals surface area contributed by atoms with E-state index in [0.29, 0.717) is 5.02 Å². The third-order valence-corrected chi connectivity index (χ3v) is 2.64. The fourth-order valence-corrected chi connectivity index (χ4v) is 1.58. The largest absolute Gasteiger partial charge is 0.497 e. The van der Waals surface area contributed by atoms with Crippen molar-refractivity contribution in [2.75, 3.05) is 7.11 Å². The average molecular weight is 246 g/mol. The standard InChI is InChI=1S/C14H12ClNO/c1-17-12-8-6-11(7-9-12)10-16-14-5-3-2-4-13(14)15/h2-10H,1H3. The second-order valence-corrected chi connectivity index (χ2v) is 3.89. The van der Waals surface area contributed by atoms with Gasteiger partial charge in [-0.05, 0) is 42.0 Å². The number of nitrogens with zero attached hydrogens (tertiary/aromatic N) is 1. The lowest BCUT2D eigenvalue weighted by Gasteiger charge is -1.99. The van der Waals surface area contributed by atoms with Gasteiger partial charge in [-0.3, -0.25) is 4.99 Å². The fraction of sp³-hybridized carbons (Fsp3) is 0.0714. The van der Waals surface area contributed by atoms with Gasteiger partial charge in [-0.25, -0.2) is 0 Å². The molecule has 0 aliphatic carbocycles. The summed E-state index contributed by atoms with van der Waals surface area (Å²) in [6.07, 6.45) is 1.78. The molecule has 17 heavy (non-hydrogen) atoms. The molecule has 0 aromatic heterocycles. The van der Waals surface area contributed by atoms with Gasteiger partial charge >= 0.3 is 0 Å². The van der Waals surface area contributed by atoms with Crippen LogP contribution in [0, 0.1) is 0 Å². The molecule has 0 spiro atoms. The summed E-state index contributed by atoms with van der Waals surface area (Å²) in [6.45, 7) is 0. The van der Waals surface area contributed by atoms with E-state index in [0.717, 1.165) is 17.0 Å². The molecule has 0 saturated carbocycles. The molecular weight excluding hydrogens is 234 g/mol. The zero-order valence-corrected chi connectivity index (χ0v) is 10.2. The molecule has 3 heteroatoms. The summed E-state index contributed by atoms with van der Waals surface area (Å²) in [7, 11) is 1.65. The summed E-state index contributed by atoms with van der Waals surface area (Å²) in [5, 5.41) is 0.650. The fourth-order valence-electron chi connectivity index (χ4n) is 1.39. The highest BCUT2D eigenvalue weighted by molar-refractivity contribution is 6.33. The van der Waals surface area contributed by atoms with Crippen molar-refractivity contribution >= 4 is 23.5 Å². The van der Waals surface area contributed by atoms with Crippen LogP contribution in [0.1, 0.15) is 5.56 Å². The van der Waals surface area contributed by atoms with Crippen molar-refractivity contribution in [1.82, 2.24) is 0 Å². The van der Waals surface area contributed by atoms with Crippen molar-refractivity contribution in [2.24, 2.45) is 4.99 Å². The first-order valence-electron chi connectivity index (χ1n) is 5.22. The molecule has 0 bridgehead atoms. The minimum Gasteiger partial charge on any atom is -0.497 e. The van der Waals surface area contributed by atoms with Crippen molar-refractivity contribution in [2.45, 2.75) is 0 Å². The van der Waals surface area contributed by atoms with Crippen LogP contribution in [0.25, 0.3) is 0 Å². The Hall–Kier alpha value is -1.80. The molecule has 2 nitrogen and oxygen atoms in total. The number of aliphatic imine (C=N–C) groups is 1. The molecule has 0 N–H and O–H groups in total. The minimum absolute atomic E-state index is 0.650. The molecule has 2 rings (SSSR count). The Kier molecular flexibility index (Phi) is 3.78. The van der Waals surface area contributed by atoms with Crippen molar-refractivity contribution in [3.8, 4) is 5.75 Å². The number of para-hydroxylation sites is 1. The summed E-state index contributed by atoms with van der Waals surface area (Å²) in [5.74, 6) is 0.833. The van der Waals surface area contributed by atoms with Crippen molar-refractivity contribution < 1.29 is 4.74 Å². The zero-order valence-electron chi connectivity index (χ0n) is 9.43. The third kappa shape index (κ3) is 3.08. The normalized spacial score (nSPS) is 10.7. The van der Waals surface area contributed by atoms with Gasteiger partial charge in [-0.1, -0.05) is 23.7 Å². The van der Waals surface area contributed by atoms with E-state index in [4.69, 9.17) is 16.3 Å². The number of hydrogen-bond donors (Lipinski definition) is 0. The van der Waals surface area contributed by atoms with E-state index in [9.17, 15) is 0 Å². The maximum absolute atomic E-state index is 6.00. The Balaban J connectivity index is 2.17. The van der Waals surface area contributed by atoms with Gasteiger partial charge in [-0.15, -0.1) is 0 Å². The van der Waals surface area contributed by atoms with Crippen LogP contribution < -0.4 is 4.74 Å². The van der Waals surface area contributed by atoms with Crippen LogP contribution in [0.15, 0.2) is 53.5 Å². The van der Waals surface area contributed by atoms with Gasteiger partial charge in [-0.2, -0.15) is 0 Å². The second kappa shape index (κ2) is 5.51. The lowest BCUT2D eigenvalue weighted by Crippen LogP contribution is -1.84. The van der Waals surface area contributed by atoms with Gasteiger partial charge in [0.25, 0.3) is 0 Å². The van der Waals surface area contributed by atoms with E-state index >= 15 is 0 Å². The van der Waals surface area contributed by atoms with Crippen LogP contribution in [0.3, 0.4) is 0 Å². The van der Waals surface area contributed by atoms with E-state index in [2.05, 4.69) is 4.99 Å². The summed E-state index contributed by atoms with van der Waals surface area (Å²) in [4.78, 5) is 4.33. The van der Waals surface area contributed by atoms with Gasteiger partial charge in [0.15, 0.2) is 0 Å². The summed E-state index contributed by atoms with van der Waals surface area (Å²) >= 11 is 6.00. The van der Waals surface area contributed by atoms with E-state index in [-0.39, 0.29) is 0 Å². The van der Waals surface area contributed by atoms with Crippen molar-refractivity contribution in [3.05, 3.63) is 59.1 Å². The lowest BCUT2D eigenvalue weighted by molar-refractivity contribution is 0.415. The van der Waals surface area contributed by atoms with E-state index in [1.165, 1.54) is 0 Å². The summed E-state index contributed by atoms with van der Waals surface area (Å²) in [5.41, 5.74) is 1.77. The minimum atomic E-state index is 0.650. The number of hydrogen-bond acceptors (Lipinski definition) is 2. The highest BCUT2D eigenvalue weighted by Crippen LogP contribution is 2.23. The molecule has 0 radical (unpaired) electrons. The number of halogens is 1. The third-order valence-electron chi connectivity index (χ3n) is 2.32. The molecule has 0 aliphatic heterocycles. The number of ether oxygens (including phenoxy) is 1. The van der Waals surface area contributed by atoms with Gasteiger partial charge < -0.3 is 4.74 Å². The van der Waals surface area contributed by atoms with Crippen LogP contribution in [-0.4, -0.2) is 13.3 Å². The lowest BCUT2D eigenvalue weighted by atomic mass is 10.2. The van der Waals surface area contributed by atoms with Crippen LogP contribution in [-0.2, 0) is 0 Å². The highest BCUT2D eigenvalue weighted by atomic mass is 35.5. The molecule has 0 aliphatic rings. The van der Waals surface area contributed by atoms with E-state index in [1.54, 1.807) is 13.3 Å². The number of methoxy groups -OCH3 is 1. The maximum Gasteiger partial charge on any atom is 0.118 e. The van der Waals surface area contributed by atoms with Gasteiger partial charge in [0, 0.05) is 6.21 Å². The Morgan fingerprint density at radius 1 is 1.06 bits per heavy atom. The second-order valence-electron chi connectivity index (χ2n) is 3.48. The molecule has 0 atom stereocenters. The van der Waals surface area contributed by atoms with E-state index < -0.39 is 0 Å². The molecule has 0 amide bonds. The Morgan fingerprint density at radius 2 is 1.76 bits per heavy atom. The van der Waals surface area contributed by atoms with Gasteiger partial charge in [0.2, 0.25) is 0 Å². The topological polar surface area (TPSA) is 21.6 Å². The zero-order chi connectivity index (χ0) is 12.1. The van der Waals surface area contributed by atoms with Gasteiger partial charge in [0.05, 0.1) is 17.8 Å². The summed E-state index contributed by atoms with van der Waals surface area (Å²) < 4.78 is 5.09. The first-order valence-corrected chi connectivity index (χ1v) is 5.60. The monoisotopic (exact) mass is 245 g/mol. The maximum atomic E-state index is 6.00. The van der Waals surface area contributed by atoms with Crippen molar-refractivity contribution in [1.29, 1.82) is 0 Å². The first-order chi connectivity index (χ1) is 8.29. The average Bonchev–Trinajstić information content (AvgIpc) is 2.38. The molecule has 0 heterocycles. The number of benzene rings is 2. The SMILES string of the molecule is COc1ccc(C=Nc2ccccc2Cl)cc1. The molecule has 0 fully saturated rings.